The van der Waals surface area contributed by atoms with Gasteiger partial charge in [0.15, 0.2) is 0 Å². The number of hydrogen-bond acceptors (Lipinski definition) is 3. The molecule has 55 heavy (non-hydrogen) atoms. The van der Waals surface area contributed by atoms with Crippen LogP contribution in [0.3, 0.4) is 0 Å². The predicted octanol–water partition coefficient (Wildman–Crippen LogP) is 15.0. The Kier molecular flexibility index (Phi) is 8.16. The van der Waals surface area contributed by atoms with E-state index in [1.165, 1.54) is 27.5 Å². The first-order chi connectivity index (χ1) is 27.3. The molecule has 3 nitrogen and oxygen atoms in total. The standard InChI is InChI=1S/C52H36N2O/c1-4-16-37(17-5-1)44-22-12-14-26-49(44)54(40-20-8-3-9-21-40)50-35-34-43(45-23-10-11-24-46(45)50)38-28-30-41(31-29-38)53(39-18-6-2-7-19-39)42-32-33-48-47-25-13-15-27-51(47)55-52(48)36-42/h1-36H. The number of fused-ring (bicyclic) bond motifs is 4. The van der Waals surface area contributed by atoms with E-state index in [-0.39, 0.29) is 0 Å². The lowest BCUT2D eigenvalue weighted by atomic mass is 9.95. The van der Waals surface area contributed by atoms with Crippen LogP contribution in [0.15, 0.2) is 223 Å². The van der Waals surface area contributed by atoms with Crippen LogP contribution in [0, 0.1) is 0 Å². The summed E-state index contributed by atoms with van der Waals surface area (Å²) < 4.78 is 6.31. The number of rotatable bonds is 8. The van der Waals surface area contributed by atoms with Crippen LogP contribution >= 0.6 is 0 Å². The summed E-state index contributed by atoms with van der Waals surface area (Å²) in [6.45, 7) is 0. The van der Waals surface area contributed by atoms with Gasteiger partial charge in [0.1, 0.15) is 11.2 Å². The van der Waals surface area contributed by atoms with Crippen LogP contribution in [0.25, 0.3) is 55.0 Å². The van der Waals surface area contributed by atoms with Crippen molar-refractivity contribution >= 4 is 66.8 Å². The van der Waals surface area contributed by atoms with Gasteiger partial charge in [0.25, 0.3) is 0 Å². The highest BCUT2D eigenvalue weighted by Crippen LogP contribution is 2.46. The molecular formula is C52H36N2O. The molecule has 0 aliphatic heterocycles. The summed E-state index contributed by atoms with van der Waals surface area (Å²) in [5.41, 5.74) is 13.0. The highest BCUT2D eigenvalue weighted by Gasteiger charge is 2.21. The predicted molar refractivity (Wildman–Crippen MR) is 231 cm³/mol. The smallest absolute Gasteiger partial charge is 0.137 e. The highest BCUT2D eigenvalue weighted by atomic mass is 16.3. The fourth-order valence-corrected chi connectivity index (χ4v) is 7.91. The normalized spacial score (nSPS) is 11.3. The third-order valence-corrected chi connectivity index (χ3v) is 10.5. The van der Waals surface area contributed by atoms with Crippen molar-refractivity contribution in [2.75, 3.05) is 9.80 Å². The third-order valence-electron chi connectivity index (χ3n) is 10.5. The minimum atomic E-state index is 0.874. The average molecular weight is 705 g/mol. The second-order valence-corrected chi connectivity index (χ2v) is 13.7. The van der Waals surface area contributed by atoms with Crippen molar-refractivity contribution in [2.24, 2.45) is 0 Å². The van der Waals surface area contributed by atoms with E-state index in [4.69, 9.17) is 4.42 Å². The Labute approximate surface area is 320 Å². The van der Waals surface area contributed by atoms with Crippen molar-refractivity contribution in [1.29, 1.82) is 0 Å². The summed E-state index contributed by atoms with van der Waals surface area (Å²) in [7, 11) is 0. The topological polar surface area (TPSA) is 19.6 Å². The molecule has 1 aromatic heterocycles. The summed E-state index contributed by atoms with van der Waals surface area (Å²) in [6.07, 6.45) is 0. The Morgan fingerprint density at radius 1 is 0.273 bits per heavy atom. The Morgan fingerprint density at radius 2 is 0.800 bits per heavy atom. The second-order valence-electron chi connectivity index (χ2n) is 13.7. The maximum Gasteiger partial charge on any atom is 0.137 e. The van der Waals surface area contributed by atoms with Crippen LogP contribution in [0.5, 0.6) is 0 Å². The van der Waals surface area contributed by atoms with E-state index in [0.29, 0.717) is 0 Å². The summed E-state index contributed by atoms with van der Waals surface area (Å²) in [5, 5.41) is 4.62. The van der Waals surface area contributed by atoms with Gasteiger partial charge in [0, 0.05) is 50.5 Å². The van der Waals surface area contributed by atoms with Crippen LogP contribution in [0.1, 0.15) is 0 Å². The molecule has 0 fully saturated rings. The molecular weight excluding hydrogens is 669 g/mol. The van der Waals surface area contributed by atoms with E-state index in [0.717, 1.165) is 61.6 Å². The number of anilines is 6. The van der Waals surface area contributed by atoms with E-state index < -0.39 is 0 Å². The van der Waals surface area contributed by atoms with E-state index in [1.807, 2.05) is 12.1 Å². The first-order valence-corrected chi connectivity index (χ1v) is 18.7. The van der Waals surface area contributed by atoms with Gasteiger partial charge in [-0.05, 0) is 88.8 Å². The van der Waals surface area contributed by atoms with Crippen molar-refractivity contribution in [1.82, 2.24) is 0 Å². The molecule has 260 valence electrons. The first-order valence-electron chi connectivity index (χ1n) is 18.7. The van der Waals surface area contributed by atoms with Crippen LogP contribution in [-0.2, 0) is 0 Å². The highest BCUT2D eigenvalue weighted by molar-refractivity contribution is 6.08. The van der Waals surface area contributed by atoms with Gasteiger partial charge in [-0.15, -0.1) is 0 Å². The van der Waals surface area contributed by atoms with Gasteiger partial charge in [0.2, 0.25) is 0 Å². The Morgan fingerprint density at radius 3 is 1.55 bits per heavy atom. The van der Waals surface area contributed by atoms with Crippen molar-refractivity contribution in [2.45, 2.75) is 0 Å². The number of furan rings is 1. The minimum Gasteiger partial charge on any atom is -0.456 e. The van der Waals surface area contributed by atoms with Crippen molar-refractivity contribution in [3.8, 4) is 22.3 Å². The monoisotopic (exact) mass is 704 g/mol. The van der Waals surface area contributed by atoms with Gasteiger partial charge in [-0.1, -0.05) is 146 Å². The minimum absolute atomic E-state index is 0.874. The summed E-state index contributed by atoms with van der Waals surface area (Å²) >= 11 is 0. The van der Waals surface area contributed by atoms with Gasteiger partial charge in [0.05, 0.1) is 11.4 Å². The van der Waals surface area contributed by atoms with Crippen LogP contribution in [-0.4, -0.2) is 0 Å². The fourth-order valence-electron chi connectivity index (χ4n) is 7.91. The van der Waals surface area contributed by atoms with Gasteiger partial charge < -0.3 is 14.2 Å². The number of hydrogen-bond donors (Lipinski definition) is 0. The average Bonchev–Trinajstić information content (AvgIpc) is 3.64. The number of para-hydroxylation sites is 4. The van der Waals surface area contributed by atoms with E-state index in [1.54, 1.807) is 0 Å². The summed E-state index contributed by atoms with van der Waals surface area (Å²) in [4.78, 5) is 4.69. The quantitative estimate of drug-likeness (QED) is 0.157. The summed E-state index contributed by atoms with van der Waals surface area (Å²) in [5.74, 6) is 0. The maximum absolute atomic E-state index is 6.31. The van der Waals surface area contributed by atoms with Crippen LogP contribution < -0.4 is 9.80 Å². The molecule has 0 spiro atoms. The third kappa shape index (κ3) is 5.89. The molecule has 0 unspecified atom stereocenters. The molecule has 10 aromatic rings. The molecule has 0 amide bonds. The van der Waals surface area contributed by atoms with E-state index in [2.05, 4.69) is 216 Å². The molecule has 0 atom stereocenters. The van der Waals surface area contributed by atoms with Crippen molar-refractivity contribution in [3.05, 3.63) is 218 Å². The van der Waals surface area contributed by atoms with E-state index in [9.17, 15) is 0 Å². The molecule has 0 aliphatic carbocycles. The van der Waals surface area contributed by atoms with Gasteiger partial charge in [-0.2, -0.15) is 0 Å². The van der Waals surface area contributed by atoms with Crippen LogP contribution in [0.2, 0.25) is 0 Å². The maximum atomic E-state index is 6.31. The van der Waals surface area contributed by atoms with Gasteiger partial charge in [-0.3, -0.25) is 0 Å². The van der Waals surface area contributed by atoms with Crippen LogP contribution in [0.4, 0.5) is 34.1 Å². The Bertz CT molecular complexity index is 2920. The Balaban J connectivity index is 1.08. The lowest BCUT2D eigenvalue weighted by Crippen LogP contribution is -2.11. The molecule has 0 radical (unpaired) electrons. The number of nitrogens with zero attached hydrogens (tertiary/aromatic N) is 2. The molecule has 0 aliphatic rings. The molecule has 0 saturated carbocycles. The largest absolute Gasteiger partial charge is 0.456 e. The van der Waals surface area contributed by atoms with E-state index >= 15 is 0 Å². The van der Waals surface area contributed by atoms with Gasteiger partial charge >= 0.3 is 0 Å². The second kappa shape index (κ2) is 13.9. The fraction of sp³-hybridized carbons (Fsp3) is 0. The molecule has 0 N–H and O–H groups in total. The lowest BCUT2D eigenvalue weighted by molar-refractivity contribution is 0.669. The zero-order valence-corrected chi connectivity index (χ0v) is 30.1. The SMILES string of the molecule is c1ccc(-c2ccccc2N(c2ccccc2)c2ccc(-c3ccc(N(c4ccccc4)c4ccc5c(c4)oc4ccccc45)cc3)c3ccccc23)cc1. The van der Waals surface area contributed by atoms with Crippen molar-refractivity contribution in [3.63, 3.8) is 0 Å². The lowest BCUT2D eigenvalue weighted by Gasteiger charge is -2.29. The molecule has 0 bridgehead atoms. The molecule has 9 aromatic carbocycles. The number of benzene rings is 9. The zero-order chi connectivity index (χ0) is 36.6. The summed E-state index contributed by atoms with van der Waals surface area (Å²) in [6, 6.07) is 77.5. The Hall–Kier alpha value is -7.36. The molecule has 10 rings (SSSR count). The van der Waals surface area contributed by atoms with Gasteiger partial charge in [-0.25, -0.2) is 0 Å². The zero-order valence-electron chi connectivity index (χ0n) is 30.1. The first kappa shape index (κ1) is 32.3. The molecule has 0 saturated heterocycles. The molecule has 3 heteroatoms. The van der Waals surface area contributed by atoms with Crippen molar-refractivity contribution < 1.29 is 4.42 Å². The molecule has 1 heterocycles.